The van der Waals surface area contributed by atoms with Crippen LogP contribution in [0.15, 0.2) is 16.6 Å². The van der Waals surface area contributed by atoms with E-state index in [0.717, 1.165) is 35.0 Å². The lowest BCUT2D eigenvalue weighted by Crippen LogP contribution is -2.14. The van der Waals surface area contributed by atoms with Crippen molar-refractivity contribution in [1.82, 2.24) is 5.32 Å². The molecule has 1 N–H and O–H groups in total. The highest BCUT2D eigenvalue weighted by Gasteiger charge is 2.17. The van der Waals surface area contributed by atoms with Gasteiger partial charge in [-0.25, -0.2) is 0 Å². The molecule has 19 heavy (non-hydrogen) atoms. The molecule has 1 aliphatic heterocycles. The molecule has 0 fully saturated rings. The minimum absolute atomic E-state index is 0.319. The Hall–Kier alpha value is -0.740. The molecule has 4 heteroatoms. The SMILES string of the molecule is CC(C)CCCCNCc1cc(Br)c2c(c1)OCO2. The van der Waals surface area contributed by atoms with E-state index in [4.69, 9.17) is 9.47 Å². The van der Waals surface area contributed by atoms with E-state index in [1.165, 1.54) is 24.8 Å². The topological polar surface area (TPSA) is 30.5 Å². The fraction of sp³-hybridized carbons (Fsp3) is 0.600. The van der Waals surface area contributed by atoms with E-state index in [1.54, 1.807) is 0 Å². The van der Waals surface area contributed by atoms with Gasteiger partial charge in [-0.3, -0.25) is 0 Å². The lowest BCUT2D eigenvalue weighted by atomic mass is 10.1. The highest BCUT2D eigenvalue weighted by atomic mass is 79.9. The average Bonchev–Trinajstić information content (AvgIpc) is 2.82. The molecule has 1 aliphatic rings. The number of rotatable bonds is 7. The first-order chi connectivity index (χ1) is 9.16. The van der Waals surface area contributed by atoms with Gasteiger partial charge in [0.05, 0.1) is 4.47 Å². The van der Waals surface area contributed by atoms with Crippen molar-refractivity contribution < 1.29 is 9.47 Å². The predicted molar refractivity (Wildman–Crippen MR) is 80.7 cm³/mol. The Labute approximate surface area is 123 Å². The average molecular weight is 328 g/mol. The summed E-state index contributed by atoms with van der Waals surface area (Å²) in [4.78, 5) is 0. The van der Waals surface area contributed by atoms with Crippen LogP contribution >= 0.6 is 15.9 Å². The maximum Gasteiger partial charge on any atom is 0.231 e. The van der Waals surface area contributed by atoms with Crippen LogP contribution in [0.5, 0.6) is 11.5 Å². The van der Waals surface area contributed by atoms with E-state index in [2.05, 4.69) is 41.2 Å². The van der Waals surface area contributed by atoms with E-state index in [1.807, 2.05) is 6.07 Å². The Morgan fingerprint density at radius 1 is 1.26 bits per heavy atom. The lowest BCUT2D eigenvalue weighted by Gasteiger charge is -2.08. The first-order valence-electron chi connectivity index (χ1n) is 6.95. The zero-order valence-electron chi connectivity index (χ0n) is 11.7. The van der Waals surface area contributed by atoms with Gasteiger partial charge in [0.1, 0.15) is 0 Å². The van der Waals surface area contributed by atoms with Crippen LogP contribution in [0.3, 0.4) is 0 Å². The molecule has 1 heterocycles. The first kappa shape index (κ1) is 14.7. The molecule has 2 rings (SSSR count). The summed E-state index contributed by atoms with van der Waals surface area (Å²) in [6.45, 7) is 6.81. The highest BCUT2D eigenvalue weighted by molar-refractivity contribution is 9.10. The van der Waals surface area contributed by atoms with Crippen molar-refractivity contribution in [1.29, 1.82) is 0 Å². The standard InChI is InChI=1S/C15H22BrNO2/c1-11(2)5-3-4-6-17-9-12-7-13(16)15-14(8-12)18-10-19-15/h7-8,11,17H,3-6,9-10H2,1-2H3. The molecule has 1 aromatic rings. The van der Waals surface area contributed by atoms with Gasteiger partial charge in [-0.05, 0) is 52.5 Å². The largest absolute Gasteiger partial charge is 0.454 e. The van der Waals surface area contributed by atoms with Crippen LogP contribution in [0, 0.1) is 5.92 Å². The van der Waals surface area contributed by atoms with Crippen LogP contribution in [0.25, 0.3) is 0 Å². The molecule has 0 radical (unpaired) electrons. The maximum absolute atomic E-state index is 5.41. The summed E-state index contributed by atoms with van der Waals surface area (Å²) in [7, 11) is 0. The second-order valence-corrected chi connectivity index (χ2v) is 6.23. The Bertz CT molecular complexity index is 421. The summed E-state index contributed by atoms with van der Waals surface area (Å²) in [6.07, 6.45) is 3.86. The minimum atomic E-state index is 0.319. The van der Waals surface area contributed by atoms with Crippen molar-refractivity contribution in [3.8, 4) is 11.5 Å². The van der Waals surface area contributed by atoms with Gasteiger partial charge in [-0.15, -0.1) is 0 Å². The van der Waals surface area contributed by atoms with Crippen molar-refractivity contribution >= 4 is 15.9 Å². The fourth-order valence-corrected chi connectivity index (χ4v) is 2.76. The summed E-state index contributed by atoms with van der Waals surface area (Å²) >= 11 is 3.52. The fourth-order valence-electron chi connectivity index (χ4n) is 2.16. The second kappa shape index (κ2) is 7.15. The van der Waals surface area contributed by atoms with Crippen molar-refractivity contribution in [3.63, 3.8) is 0 Å². The van der Waals surface area contributed by atoms with E-state index in [-0.39, 0.29) is 0 Å². The van der Waals surface area contributed by atoms with Crippen LogP contribution in [0.4, 0.5) is 0 Å². The van der Waals surface area contributed by atoms with Crippen LogP contribution in [-0.2, 0) is 6.54 Å². The van der Waals surface area contributed by atoms with Gasteiger partial charge in [-0.2, -0.15) is 0 Å². The van der Waals surface area contributed by atoms with Gasteiger partial charge < -0.3 is 14.8 Å². The van der Waals surface area contributed by atoms with Gasteiger partial charge in [0.15, 0.2) is 11.5 Å². The molecule has 3 nitrogen and oxygen atoms in total. The van der Waals surface area contributed by atoms with Gasteiger partial charge in [0, 0.05) is 6.54 Å². The van der Waals surface area contributed by atoms with Crippen molar-refractivity contribution in [2.45, 2.75) is 39.7 Å². The zero-order valence-corrected chi connectivity index (χ0v) is 13.3. The van der Waals surface area contributed by atoms with E-state index < -0.39 is 0 Å². The molecule has 0 atom stereocenters. The zero-order chi connectivity index (χ0) is 13.7. The van der Waals surface area contributed by atoms with Gasteiger partial charge >= 0.3 is 0 Å². The molecule has 1 aromatic carbocycles. The minimum Gasteiger partial charge on any atom is -0.454 e. The number of hydrogen-bond donors (Lipinski definition) is 1. The highest BCUT2D eigenvalue weighted by Crippen LogP contribution is 2.39. The third kappa shape index (κ3) is 4.39. The molecule has 106 valence electrons. The number of fused-ring (bicyclic) bond motifs is 1. The normalized spacial score (nSPS) is 13.3. The van der Waals surface area contributed by atoms with Crippen molar-refractivity contribution in [3.05, 3.63) is 22.2 Å². The summed E-state index contributed by atoms with van der Waals surface area (Å²) < 4.78 is 11.8. The van der Waals surface area contributed by atoms with Gasteiger partial charge in [-0.1, -0.05) is 26.7 Å². The summed E-state index contributed by atoms with van der Waals surface area (Å²) in [5.41, 5.74) is 1.22. The van der Waals surface area contributed by atoms with Gasteiger partial charge in [0.25, 0.3) is 0 Å². The smallest absolute Gasteiger partial charge is 0.231 e. The molecule has 0 saturated carbocycles. The molecule has 0 aromatic heterocycles. The van der Waals surface area contributed by atoms with E-state index >= 15 is 0 Å². The van der Waals surface area contributed by atoms with E-state index in [9.17, 15) is 0 Å². The summed E-state index contributed by atoms with van der Waals surface area (Å²) in [5.74, 6) is 2.47. The molecular formula is C15H22BrNO2. The lowest BCUT2D eigenvalue weighted by molar-refractivity contribution is 0.173. The second-order valence-electron chi connectivity index (χ2n) is 5.38. The third-order valence-electron chi connectivity index (χ3n) is 3.20. The Kier molecular flexibility index (Phi) is 5.52. The maximum atomic E-state index is 5.41. The number of benzene rings is 1. The monoisotopic (exact) mass is 327 g/mol. The van der Waals surface area contributed by atoms with Crippen LogP contribution in [0.2, 0.25) is 0 Å². The van der Waals surface area contributed by atoms with Gasteiger partial charge in [0.2, 0.25) is 6.79 Å². The first-order valence-corrected chi connectivity index (χ1v) is 7.75. The number of ether oxygens (including phenoxy) is 2. The number of hydrogen-bond acceptors (Lipinski definition) is 3. The molecular weight excluding hydrogens is 306 g/mol. The predicted octanol–water partition coefficient (Wildman–Crippen LogP) is 4.09. The molecule has 0 spiro atoms. The summed E-state index contributed by atoms with van der Waals surface area (Å²) in [6, 6.07) is 4.14. The van der Waals surface area contributed by atoms with Crippen LogP contribution < -0.4 is 14.8 Å². The quantitative estimate of drug-likeness (QED) is 0.765. The van der Waals surface area contributed by atoms with Crippen LogP contribution in [-0.4, -0.2) is 13.3 Å². The Morgan fingerprint density at radius 3 is 2.89 bits per heavy atom. The van der Waals surface area contributed by atoms with Crippen molar-refractivity contribution in [2.24, 2.45) is 5.92 Å². The number of nitrogens with one attached hydrogen (secondary N) is 1. The third-order valence-corrected chi connectivity index (χ3v) is 3.79. The molecule has 0 aliphatic carbocycles. The molecule has 0 amide bonds. The molecule has 0 unspecified atom stereocenters. The van der Waals surface area contributed by atoms with E-state index in [0.29, 0.717) is 6.79 Å². The Morgan fingerprint density at radius 2 is 2.11 bits per heavy atom. The number of halogens is 1. The Balaban J connectivity index is 1.73. The van der Waals surface area contributed by atoms with Crippen LogP contribution in [0.1, 0.15) is 38.7 Å². The van der Waals surface area contributed by atoms with Crippen molar-refractivity contribution in [2.75, 3.05) is 13.3 Å². The number of unbranched alkanes of at least 4 members (excludes halogenated alkanes) is 1. The molecule has 0 saturated heterocycles. The summed E-state index contributed by atoms with van der Waals surface area (Å²) in [5, 5.41) is 3.48. The molecule has 0 bridgehead atoms.